The van der Waals surface area contributed by atoms with Crippen molar-refractivity contribution in [3.05, 3.63) is 102 Å². The number of nitrogens with zero attached hydrogens (tertiary/aromatic N) is 2. The van der Waals surface area contributed by atoms with E-state index in [-0.39, 0.29) is 17.4 Å². The molecule has 3 aromatic carbocycles. The van der Waals surface area contributed by atoms with Gasteiger partial charge in [0.25, 0.3) is 10.0 Å². The molecule has 0 amide bonds. The normalized spacial score (nSPS) is 11.8. The highest BCUT2D eigenvalue weighted by Gasteiger charge is 2.15. The molecule has 0 aliphatic carbocycles. The highest BCUT2D eigenvalue weighted by atomic mass is 32.2. The van der Waals surface area contributed by atoms with Gasteiger partial charge < -0.3 is 10.5 Å². The van der Waals surface area contributed by atoms with E-state index in [2.05, 4.69) is 9.71 Å². The number of guanidine groups is 1. The van der Waals surface area contributed by atoms with Crippen molar-refractivity contribution in [2.75, 3.05) is 7.11 Å². The third-order valence-electron chi connectivity index (χ3n) is 5.39. The van der Waals surface area contributed by atoms with E-state index in [0.29, 0.717) is 0 Å². The quantitative estimate of drug-likeness (QED) is 0.295. The van der Waals surface area contributed by atoms with Crippen molar-refractivity contribution in [1.82, 2.24) is 9.71 Å². The Hall–Kier alpha value is -4.17. The predicted molar refractivity (Wildman–Crippen MR) is 138 cm³/mol. The van der Waals surface area contributed by atoms with Gasteiger partial charge in [0.05, 0.1) is 24.2 Å². The molecule has 0 atom stereocenters. The Morgan fingerprint density at radius 1 is 0.971 bits per heavy atom. The number of benzene rings is 3. The van der Waals surface area contributed by atoms with Gasteiger partial charge in [-0.1, -0.05) is 60.2 Å². The summed E-state index contributed by atoms with van der Waals surface area (Å²) >= 11 is 0. The number of pyridine rings is 1. The first-order valence-corrected chi connectivity index (χ1v) is 12.4. The first-order valence-electron chi connectivity index (χ1n) is 10.9. The van der Waals surface area contributed by atoms with E-state index in [1.807, 2.05) is 61.5 Å². The molecule has 0 saturated carbocycles. The third-order valence-corrected chi connectivity index (χ3v) is 6.77. The van der Waals surface area contributed by atoms with Crippen molar-refractivity contribution < 1.29 is 13.2 Å². The Morgan fingerprint density at radius 2 is 1.63 bits per heavy atom. The van der Waals surface area contributed by atoms with Crippen molar-refractivity contribution >= 4 is 16.0 Å². The van der Waals surface area contributed by atoms with Gasteiger partial charge in [-0.2, -0.15) is 0 Å². The van der Waals surface area contributed by atoms with Crippen LogP contribution in [0.4, 0.5) is 0 Å². The number of ether oxygens (including phenoxy) is 1. The highest BCUT2D eigenvalue weighted by molar-refractivity contribution is 7.90. The molecule has 8 heteroatoms. The number of hydrogen-bond donors (Lipinski definition) is 2. The second-order valence-electron chi connectivity index (χ2n) is 7.95. The molecule has 35 heavy (non-hydrogen) atoms. The van der Waals surface area contributed by atoms with Crippen LogP contribution in [0.3, 0.4) is 0 Å². The molecule has 4 aromatic rings. The number of methoxy groups -OCH3 is 1. The van der Waals surface area contributed by atoms with E-state index in [9.17, 15) is 8.42 Å². The molecule has 0 radical (unpaired) electrons. The maximum absolute atomic E-state index is 12.5. The SMILES string of the molecule is COc1ccc(-c2cc(CN=C(N)NS(=O)(=O)c3ccccc3)cnc2-c2ccc(C)cc2)cc1. The first-order chi connectivity index (χ1) is 16.9. The van der Waals surface area contributed by atoms with E-state index in [0.717, 1.165) is 33.7 Å². The van der Waals surface area contributed by atoms with Crippen molar-refractivity contribution in [3.8, 4) is 28.1 Å². The summed E-state index contributed by atoms with van der Waals surface area (Å²) < 4.78 is 32.6. The molecular weight excluding hydrogens is 460 g/mol. The second-order valence-corrected chi connectivity index (χ2v) is 9.64. The van der Waals surface area contributed by atoms with Crippen LogP contribution in [0.15, 0.2) is 101 Å². The van der Waals surface area contributed by atoms with E-state index in [1.165, 1.54) is 17.7 Å². The number of aromatic nitrogens is 1. The van der Waals surface area contributed by atoms with Gasteiger partial charge in [-0.25, -0.2) is 18.1 Å². The molecule has 0 aliphatic rings. The summed E-state index contributed by atoms with van der Waals surface area (Å²) in [6, 6.07) is 25.9. The van der Waals surface area contributed by atoms with Gasteiger partial charge in [-0.15, -0.1) is 0 Å². The fourth-order valence-electron chi connectivity index (χ4n) is 3.53. The van der Waals surface area contributed by atoms with Crippen LogP contribution in [0, 0.1) is 6.92 Å². The van der Waals surface area contributed by atoms with Crippen LogP contribution >= 0.6 is 0 Å². The molecule has 4 rings (SSSR count). The minimum Gasteiger partial charge on any atom is -0.497 e. The van der Waals surface area contributed by atoms with Crippen LogP contribution in [-0.4, -0.2) is 26.5 Å². The predicted octanol–water partition coefficient (Wildman–Crippen LogP) is 4.53. The van der Waals surface area contributed by atoms with Crippen molar-refractivity contribution in [3.63, 3.8) is 0 Å². The van der Waals surface area contributed by atoms with Gasteiger partial charge >= 0.3 is 0 Å². The topological polar surface area (TPSA) is 107 Å². The number of aryl methyl sites for hydroxylation is 1. The van der Waals surface area contributed by atoms with Gasteiger partial charge in [-0.3, -0.25) is 4.98 Å². The fourth-order valence-corrected chi connectivity index (χ4v) is 4.50. The standard InChI is InChI=1S/C27H26N4O3S/c1-19-8-10-22(11-9-19)26-25(21-12-14-23(34-2)15-13-21)16-20(17-29-26)18-30-27(28)31-35(32,33)24-6-4-3-5-7-24/h3-17H,18H2,1-2H3,(H3,28,30,31). The van der Waals surface area contributed by atoms with Crippen LogP contribution in [0.25, 0.3) is 22.4 Å². The van der Waals surface area contributed by atoms with Crippen LogP contribution < -0.4 is 15.2 Å². The summed E-state index contributed by atoms with van der Waals surface area (Å²) in [7, 11) is -2.17. The highest BCUT2D eigenvalue weighted by Crippen LogP contribution is 2.32. The van der Waals surface area contributed by atoms with E-state index >= 15 is 0 Å². The first kappa shape index (κ1) is 24.0. The van der Waals surface area contributed by atoms with Crippen molar-refractivity contribution in [1.29, 1.82) is 0 Å². The number of nitrogens with one attached hydrogen (secondary N) is 1. The maximum atomic E-state index is 12.5. The minimum absolute atomic E-state index is 0.115. The number of sulfonamides is 1. The molecule has 1 aromatic heterocycles. The average Bonchev–Trinajstić information content (AvgIpc) is 2.88. The summed E-state index contributed by atoms with van der Waals surface area (Å²) in [6.07, 6.45) is 1.73. The van der Waals surface area contributed by atoms with E-state index in [4.69, 9.17) is 15.5 Å². The van der Waals surface area contributed by atoms with Crippen LogP contribution in [0.5, 0.6) is 5.75 Å². The number of nitrogens with two attached hydrogens (primary N) is 1. The molecule has 1 heterocycles. The zero-order valence-electron chi connectivity index (χ0n) is 19.5. The molecule has 0 spiro atoms. The molecule has 178 valence electrons. The van der Waals surface area contributed by atoms with Crippen molar-refractivity contribution in [2.45, 2.75) is 18.4 Å². The Morgan fingerprint density at radius 3 is 2.29 bits per heavy atom. The molecule has 3 N–H and O–H groups in total. The van der Waals surface area contributed by atoms with E-state index in [1.54, 1.807) is 31.5 Å². The molecule has 0 aliphatic heterocycles. The lowest BCUT2D eigenvalue weighted by atomic mass is 9.97. The molecule has 7 nitrogen and oxygen atoms in total. The number of aliphatic imine (C=N–C) groups is 1. The molecule has 0 unspecified atom stereocenters. The van der Waals surface area contributed by atoms with Crippen LogP contribution in [-0.2, 0) is 16.6 Å². The molecule has 0 fully saturated rings. The lowest BCUT2D eigenvalue weighted by Gasteiger charge is -2.12. The zero-order valence-corrected chi connectivity index (χ0v) is 20.3. The van der Waals surface area contributed by atoms with Gasteiger partial charge in [-0.05, 0) is 48.4 Å². The third kappa shape index (κ3) is 5.85. The maximum Gasteiger partial charge on any atom is 0.264 e. The minimum atomic E-state index is -3.80. The van der Waals surface area contributed by atoms with Crippen LogP contribution in [0.1, 0.15) is 11.1 Å². The fraction of sp³-hybridized carbons (Fsp3) is 0.111. The average molecular weight is 487 g/mol. The monoisotopic (exact) mass is 486 g/mol. The molecule has 0 saturated heterocycles. The summed E-state index contributed by atoms with van der Waals surface area (Å²) in [5.41, 5.74) is 11.6. The molecule has 0 bridgehead atoms. The second kappa shape index (κ2) is 10.4. The Labute approximate surface area is 205 Å². The van der Waals surface area contributed by atoms with E-state index < -0.39 is 10.0 Å². The van der Waals surface area contributed by atoms with Gasteiger partial charge in [0.2, 0.25) is 5.96 Å². The van der Waals surface area contributed by atoms with Crippen molar-refractivity contribution in [2.24, 2.45) is 10.7 Å². The smallest absolute Gasteiger partial charge is 0.264 e. The lowest BCUT2D eigenvalue weighted by molar-refractivity contribution is 0.415. The number of rotatable bonds is 7. The summed E-state index contributed by atoms with van der Waals surface area (Å²) in [4.78, 5) is 9.06. The Balaban J connectivity index is 1.63. The number of hydrogen-bond acceptors (Lipinski definition) is 5. The molecular formula is C27H26N4O3S. The summed E-state index contributed by atoms with van der Waals surface area (Å²) in [6.45, 7) is 2.20. The van der Waals surface area contributed by atoms with Gasteiger partial charge in [0.15, 0.2) is 0 Å². The summed E-state index contributed by atoms with van der Waals surface area (Å²) in [5.74, 6) is 0.570. The Bertz CT molecular complexity index is 1430. The lowest BCUT2D eigenvalue weighted by Crippen LogP contribution is -2.36. The van der Waals surface area contributed by atoms with Gasteiger partial charge in [0, 0.05) is 17.3 Å². The summed E-state index contributed by atoms with van der Waals surface area (Å²) in [5, 5.41) is 0. The zero-order chi connectivity index (χ0) is 24.8. The van der Waals surface area contributed by atoms with Gasteiger partial charge in [0.1, 0.15) is 5.75 Å². The Kier molecular flexibility index (Phi) is 7.12. The largest absolute Gasteiger partial charge is 0.497 e. The van der Waals surface area contributed by atoms with Crippen LogP contribution in [0.2, 0.25) is 0 Å².